The van der Waals surface area contributed by atoms with Crippen molar-refractivity contribution in [2.45, 2.75) is 27.2 Å². The van der Waals surface area contributed by atoms with Gasteiger partial charge in [0.1, 0.15) is 6.07 Å². The number of rotatable bonds is 5. The van der Waals surface area contributed by atoms with E-state index in [1.807, 2.05) is 24.8 Å². The lowest BCUT2D eigenvalue weighted by Crippen LogP contribution is -2.28. The molecule has 4 nitrogen and oxygen atoms in total. The van der Waals surface area contributed by atoms with Crippen LogP contribution in [0.5, 0.6) is 0 Å². The number of pyridine rings is 1. The second-order valence-electron chi connectivity index (χ2n) is 4.07. The molecule has 0 aliphatic rings. The smallest absolute Gasteiger partial charge is 0.103 e. The van der Waals surface area contributed by atoms with E-state index in [4.69, 9.17) is 5.11 Å². The highest BCUT2D eigenvalue weighted by Crippen LogP contribution is 2.23. The molecule has 17 heavy (non-hydrogen) atoms. The summed E-state index contributed by atoms with van der Waals surface area (Å²) in [7, 11) is 0. The van der Waals surface area contributed by atoms with Crippen molar-refractivity contribution in [2.75, 3.05) is 24.6 Å². The Morgan fingerprint density at radius 3 is 2.65 bits per heavy atom. The van der Waals surface area contributed by atoms with Gasteiger partial charge in [-0.1, -0.05) is 6.92 Å². The van der Waals surface area contributed by atoms with Gasteiger partial charge in [0.15, 0.2) is 0 Å². The first-order valence-electron chi connectivity index (χ1n) is 5.88. The number of aliphatic hydroxyl groups excluding tert-OH is 1. The summed E-state index contributed by atoms with van der Waals surface area (Å²) < 4.78 is 0. The Kier molecular flexibility index (Phi) is 4.92. The van der Waals surface area contributed by atoms with Gasteiger partial charge in [0.2, 0.25) is 0 Å². The summed E-state index contributed by atoms with van der Waals surface area (Å²) in [5.74, 6) is 0. The minimum atomic E-state index is 0.0886. The van der Waals surface area contributed by atoms with Crippen molar-refractivity contribution in [3.63, 3.8) is 0 Å². The van der Waals surface area contributed by atoms with Crippen LogP contribution >= 0.6 is 0 Å². The van der Waals surface area contributed by atoms with Gasteiger partial charge in [0.05, 0.1) is 23.6 Å². The fourth-order valence-corrected chi connectivity index (χ4v) is 1.94. The van der Waals surface area contributed by atoms with Gasteiger partial charge in [-0.2, -0.15) is 5.26 Å². The van der Waals surface area contributed by atoms with Crippen LogP contribution in [0.4, 0.5) is 5.69 Å². The molecule has 0 fully saturated rings. The van der Waals surface area contributed by atoms with E-state index in [-0.39, 0.29) is 6.61 Å². The molecule has 0 atom stereocenters. The number of aryl methyl sites for hydroxylation is 2. The molecule has 1 aromatic rings. The Hall–Kier alpha value is -1.60. The lowest BCUT2D eigenvalue weighted by atomic mass is 10.1. The monoisotopic (exact) mass is 233 g/mol. The van der Waals surface area contributed by atoms with Gasteiger partial charge in [-0.3, -0.25) is 4.98 Å². The van der Waals surface area contributed by atoms with Gasteiger partial charge in [-0.15, -0.1) is 0 Å². The van der Waals surface area contributed by atoms with E-state index >= 15 is 0 Å². The van der Waals surface area contributed by atoms with Crippen LogP contribution in [0.2, 0.25) is 0 Å². The molecule has 0 saturated carbocycles. The molecule has 0 aliphatic heterocycles. The van der Waals surface area contributed by atoms with E-state index in [1.54, 1.807) is 0 Å². The Morgan fingerprint density at radius 2 is 2.12 bits per heavy atom. The van der Waals surface area contributed by atoms with Crippen LogP contribution in [-0.4, -0.2) is 29.8 Å². The van der Waals surface area contributed by atoms with E-state index in [1.165, 1.54) is 0 Å². The molecule has 1 aromatic heterocycles. The number of nitrogens with zero attached hydrogens (tertiary/aromatic N) is 3. The fourth-order valence-electron chi connectivity index (χ4n) is 1.94. The predicted molar refractivity (Wildman–Crippen MR) is 68.0 cm³/mol. The topological polar surface area (TPSA) is 60.1 Å². The maximum atomic E-state index is 9.20. The molecule has 0 bridgehead atoms. The molecule has 0 aliphatic carbocycles. The van der Waals surface area contributed by atoms with Crippen LogP contribution in [-0.2, 0) is 0 Å². The van der Waals surface area contributed by atoms with Crippen LogP contribution in [0, 0.1) is 25.2 Å². The van der Waals surface area contributed by atoms with Gasteiger partial charge in [0.25, 0.3) is 0 Å². The molecule has 0 spiro atoms. The molecule has 4 heteroatoms. The maximum absolute atomic E-state index is 9.20. The number of anilines is 1. The van der Waals surface area contributed by atoms with Crippen molar-refractivity contribution in [3.8, 4) is 6.07 Å². The average Bonchev–Trinajstić information content (AvgIpc) is 2.28. The highest BCUT2D eigenvalue weighted by atomic mass is 16.3. The van der Waals surface area contributed by atoms with Crippen molar-refractivity contribution in [1.29, 1.82) is 5.26 Å². The first-order valence-corrected chi connectivity index (χ1v) is 5.88. The molecular formula is C13H19N3O. The summed E-state index contributed by atoms with van der Waals surface area (Å²) in [5.41, 5.74) is 3.14. The molecule has 0 saturated heterocycles. The molecule has 1 N–H and O–H groups in total. The van der Waals surface area contributed by atoms with Crippen LogP contribution in [0.25, 0.3) is 0 Å². The van der Waals surface area contributed by atoms with Crippen molar-refractivity contribution in [2.24, 2.45) is 0 Å². The van der Waals surface area contributed by atoms with Gasteiger partial charge in [-0.05, 0) is 26.3 Å². The van der Waals surface area contributed by atoms with E-state index in [0.29, 0.717) is 12.1 Å². The Labute approximate surface area is 103 Å². The molecule has 0 amide bonds. The molecule has 0 unspecified atom stereocenters. The minimum absolute atomic E-state index is 0.0886. The van der Waals surface area contributed by atoms with Crippen molar-refractivity contribution in [1.82, 2.24) is 4.98 Å². The quantitative estimate of drug-likeness (QED) is 0.842. The Morgan fingerprint density at radius 1 is 1.41 bits per heavy atom. The second kappa shape index (κ2) is 6.21. The zero-order valence-corrected chi connectivity index (χ0v) is 10.7. The summed E-state index contributed by atoms with van der Waals surface area (Å²) in [4.78, 5) is 6.34. The van der Waals surface area contributed by atoms with Crippen LogP contribution in [0.1, 0.15) is 30.3 Å². The van der Waals surface area contributed by atoms with E-state index in [0.717, 1.165) is 30.0 Å². The third-order valence-corrected chi connectivity index (χ3v) is 2.62. The van der Waals surface area contributed by atoms with Gasteiger partial charge >= 0.3 is 0 Å². The normalized spacial score (nSPS) is 10.1. The SMILES string of the molecule is CCCN(CCO)c1cc(C)nc(C)c1C#N. The van der Waals surface area contributed by atoms with Crippen molar-refractivity contribution in [3.05, 3.63) is 23.0 Å². The van der Waals surface area contributed by atoms with E-state index in [2.05, 4.69) is 18.0 Å². The molecule has 1 rings (SSSR count). The summed E-state index contributed by atoms with van der Waals surface area (Å²) in [6, 6.07) is 4.12. The number of nitriles is 1. The Balaban J connectivity index is 3.21. The highest BCUT2D eigenvalue weighted by molar-refractivity contribution is 5.61. The first-order chi connectivity index (χ1) is 8.13. The Bertz CT molecular complexity index is 417. The molecule has 1 heterocycles. The highest BCUT2D eigenvalue weighted by Gasteiger charge is 2.13. The fraction of sp³-hybridized carbons (Fsp3) is 0.538. The van der Waals surface area contributed by atoms with E-state index < -0.39 is 0 Å². The zero-order chi connectivity index (χ0) is 12.8. The number of hydrogen-bond acceptors (Lipinski definition) is 4. The van der Waals surface area contributed by atoms with E-state index in [9.17, 15) is 5.26 Å². The van der Waals surface area contributed by atoms with Gasteiger partial charge in [-0.25, -0.2) is 0 Å². The average molecular weight is 233 g/mol. The molecule has 0 radical (unpaired) electrons. The minimum Gasteiger partial charge on any atom is -0.395 e. The number of hydrogen-bond donors (Lipinski definition) is 1. The number of aromatic nitrogens is 1. The van der Waals surface area contributed by atoms with Crippen LogP contribution in [0.3, 0.4) is 0 Å². The van der Waals surface area contributed by atoms with Crippen LogP contribution in [0.15, 0.2) is 6.07 Å². The predicted octanol–water partition coefficient (Wildman–Crippen LogP) is 1.78. The molecular weight excluding hydrogens is 214 g/mol. The lowest BCUT2D eigenvalue weighted by molar-refractivity contribution is 0.302. The standard InChI is InChI=1S/C13H19N3O/c1-4-5-16(6-7-17)13-8-10(2)15-11(3)12(13)9-14/h8,17H,4-7H2,1-3H3. The zero-order valence-electron chi connectivity index (χ0n) is 10.7. The number of aliphatic hydroxyl groups is 1. The summed E-state index contributed by atoms with van der Waals surface area (Å²) in [5, 5.41) is 18.3. The largest absolute Gasteiger partial charge is 0.395 e. The summed E-state index contributed by atoms with van der Waals surface area (Å²) in [6.45, 7) is 7.31. The third kappa shape index (κ3) is 3.18. The summed E-state index contributed by atoms with van der Waals surface area (Å²) in [6.07, 6.45) is 0.977. The lowest BCUT2D eigenvalue weighted by Gasteiger charge is -2.25. The van der Waals surface area contributed by atoms with Crippen molar-refractivity contribution >= 4 is 5.69 Å². The maximum Gasteiger partial charge on any atom is 0.103 e. The third-order valence-electron chi connectivity index (χ3n) is 2.62. The molecule has 92 valence electrons. The first kappa shape index (κ1) is 13.5. The van der Waals surface area contributed by atoms with Gasteiger partial charge in [0, 0.05) is 18.8 Å². The molecule has 0 aromatic carbocycles. The second-order valence-corrected chi connectivity index (χ2v) is 4.07. The summed E-state index contributed by atoms with van der Waals surface area (Å²) >= 11 is 0. The van der Waals surface area contributed by atoms with Crippen LogP contribution < -0.4 is 4.90 Å². The van der Waals surface area contributed by atoms with Gasteiger partial charge < -0.3 is 10.0 Å². The van der Waals surface area contributed by atoms with Crippen molar-refractivity contribution < 1.29 is 5.11 Å².